The van der Waals surface area contributed by atoms with Crippen molar-refractivity contribution in [3.63, 3.8) is 0 Å². The fourth-order valence-corrected chi connectivity index (χ4v) is 1.79. The van der Waals surface area contributed by atoms with E-state index in [9.17, 15) is 4.79 Å². The number of nitrogens with one attached hydrogen (secondary N) is 2. The lowest BCUT2D eigenvalue weighted by Crippen LogP contribution is -2.40. The van der Waals surface area contributed by atoms with Crippen LogP contribution in [0.15, 0.2) is 4.99 Å². The normalized spacial score (nSPS) is 31.3. The molecule has 1 saturated carbocycles. The molecule has 4 heteroatoms. The standard InChI is InChI=1S/C9H15N3O/c1-2-10-9-11-7(8(13)12-9)6-4-3-5-6/h6-7H,2-5H2,1H3,(H2,10,11,12,13). The second-order valence-corrected chi connectivity index (χ2v) is 3.63. The van der Waals surface area contributed by atoms with Gasteiger partial charge in [-0.25, -0.2) is 0 Å². The molecule has 72 valence electrons. The molecule has 1 unspecified atom stereocenters. The zero-order valence-corrected chi connectivity index (χ0v) is 7.84. The number of carbonyl (C=O) groups is 1. The summed E-state index contributed by atoms with van der Waals surface area (Å²) >= 11 is 0. The Hall–Kier alpha value is -1.06. The first-order valence-electron chi connectivity index (χ1n) is 4.93. The molecule has 13 heavy (non-hydrogen) atoms. The summed E-state index contributed by atoms with van der Waals surface area (Å²) in [6, 6.07) is -0.0148. The number of rotatable bonds is 2. The number of guanidine groups is 1. The summed E-state index contributed by atoms with van der Waals surface area (Å²) in [6.07, 6.45) is 3.60. The Labute approximate surface area is 77.8 Å². The molecule has 1 aliphatic heterocycles. The van der Waals surface area contributed by atoms with Crippen LogP contribution in [0.3, 0.4) is 0 Å². The predicted molar refractivity (Wildman–Crippen MR) is 50.4 cm³/mol. The molecule has 0 aromatic rings. The summed E-state index contributed by atoms with van der Waals surface area (Å²) in [5.74, 6) is 1.28. The highest BCUT2D eigenvalue weighted by atomic mass is 16.2. The number of amides is 1. The van der Waals surface area contributed by atoms with E-state index in [1.807, 2.05) is 6.92 Å². The van der Waals surface area contributed by atoms with Crippen molar-refractivity contribution in [1.82, 2.24) is 10.6 Å². The van der Waals surface area contributed by atoms with Gasteiger partial charge >= 0.3 is 0 Å². The van der Waals surface area contributed by atoms with Gasteiger partial charge in [-0.3, -0.25) is 15.1 Å². The quantitative estimate of drug-likeness (QED) is 0.641. The van der Waals surface area contributed by atoms with Gasteiger partial charge in [-0.1, -0.05) is 6.42 Å². The zero-order chi connectivity index (χ0) is 9.26. The van der Waals surface area contributed by atoms with Crippen LogP contribution in [0.25, 0.3) is 0 Å². The van der Waals surface area contributed by atoms with Crippen LogP contribution in [0, 0.1) is 5.92 Å². The second-order valence-electron chi connectivity index (χ2n) is 3.63. The van der Waals surface area contributed by atoms with Crippen LogP contribution in [0.5, 0.6) is 0 Å². The summed E-state index contributed by atoms with van der Waals surface area (Å²) in [7, 11) is 0. The maximum Gasteiger partial charge on any atom is 0.249 e. The van der Waals surface area contributed by atoms with E-state index in [2.05, 4.69) is 15.6 Å². The first-order valence-corrected chi connectivity index (χ1v) is 4.93. The van der Waals surface area contributed by atoms with Crippen LogP contribution < -0.4 is 10.6 Å². The first-order chi connectivity index (χ1) is 6.31. The highest BCUT2D eigenvalue weighted by Gasteiger charge is 2.37. The topological polar surface area (TPSA) is 53.5 Å². The predicted octanol–water partition coefficient (Wildman–Crippen LogP) is 0.250. The molecule has 2 rings (SSSR count). The summed E-state index contributed by atoms with van der Waals surface area (Å²) in [4.78, 5) is 15.6. The van der Waals surface area contributed by atoms with E-state index in [-0.39, 0.29) is 11.9 Å². The van der Waals surface area contributed by atoms with Gasteiger partial charge in [0.1, 0.15) is 6.04 Å². The molecule has 1 atom stereocenters. The molecular formula is C9H15N3O. The van der Waals surface area contributed by atoms with Crippen LogP contribution in [0.2, 0.25) is 0 Å². The van der Waals surface area contributed by atoms with Crippen LogP contribution >= 0.6 is 0 Å². The average molecular weight is 181 g/mol. The van der Waals surface area contributed by atoms with Gasteiger partial charge in [-0.05, 0) is 25.7 Å². The van der Waals surface area contributed by atoms with Gasteiger partial charge in [-0.15, -0.1) is 0 Å². The lowest BCUT2D eigenvalue weighted by Gasteiger charge is -2.29. The Morgan fingerprint density at radius 1 is 1.54 bits per heavy atom. The summed E-state index contributed by atoms with van der Waals surface area (Å²) in [6.45, 7) is 2.66. The average Bonchev–Trinajstić information content (AvgIpc) is 2.30. The minimum Gasteiger partial charge on any atom is -0.344 e. The summed E-state index contributed by atoms with van der Waals surface area (Å²) < 4.78 is 0. The van der Waals surface area contributed by atoms with Crippen LogP contribution in [0.4, 0.5) is 0 Å². The number of carbonyl (C=O) groups excluding carboxylic acids is 1. The largest absolute Gasteiger partial charge is 0.344 e. The SMILES string of the molecule is CCN=C1NC(=O)C(C2CCC2)N1. The smallest absolute Gasteiger partial charge is 0.249 e. The Kier molecular flexibility index (Phi) is 2.20. The van der Waals surface area contributed by atoms with Gasteiger partial charge in [0.25, 0.3) is 0 Å². The minimum absolute atomic E-state index is 0.0148. The van der Waals surface area contributed by atoms with Crippen LogP contribution in [-0.2, 0) is 4.79 Å². The second kappa shape index (κ2) is 3.36. The van der Waals surface area contributed by atoms with E-state index < -0.39 is 0 Å². The fraction of sp³-hybridized carbons (Fsp3) is 0.778. The van der Waals surface area contributed by atoms with E-state index in [0.29, 0.717) is 18.4 Å². The maximum atomic E-state index is 11.4. The Bertz CT molecular complexity index is 245. The van der Waals surface area contributed by atoms with E-state index in [1.54, 1.807) is 0 Å². The third-order valence-electron chi connectivity index (χ3n) is 2.75. The number of hydrogen-bond acceptors (Lipinski definition) is 2. The molecule has 1 aliphatic carbocycles. The van der Waals surface area contributed by atoms with Crippen molar-refractivity contribution in [2.45, 2.75) is 32.2 Å². The lowest BCUT2D eigenvalue weighted by atomic mass is 9.80. The number of hydrogen-bond donors (Lipinski definition) is 2. The Balaban J connectivity index is 1.98. The van der Waals surface area contributed by atoms with Crippen LogP contribution in [-0.4, -0.2) is 24.5 Å². The number of nitrogens with zero attached hydrogens (tertiary/aromatic N) is 1. The van der Waals surface area contributed by atoms with Crippen molar-refractivity contribution in [3.8, 4) is 0 Å². The molecule has 2 aliphatic rings. The maximum absolute atomic E-state index is 11.4. The summed E-state index contributed by atoms with van der Waals surface area (Å²) in [5, 5.41) is 5.89. The molecule has 0 bridgehead atoms. The van der Waals surface area contributed by atoms with Crippen molar-refractivity contribution in [2.75, 3.05) is 6.54 Å². The van der Waals surface area contributed by atoms with Crippen molar-refractivity contribution >= 4 is 11.9 Å². The molecule has 2 fully saturated rings. The van der Waals surface area contributed by atoms with E-state index in [4.69, 9.17) is 0 Å². The molecule has 1 heterocycles. The minimum atomic E-state index is -0.0148. The number of aliphatic imine (C=N–C) groups is 1. The highest BCUT2D eigenvalue weighted by molar-refractivity contribution is 6.06. The van der Waals surface area contributed by atoms with Crippen molar-refractivity contribution < 1.29 is 4.79 Å². The van der Waals surface area contributed by atoms with Crippen molar-refractivity contribution in [3.05, 3.63) is 0 Å². The molecule has 0 radical (unpaired) electrons. The van der Waals surface area contributed by atoms with Gasteiger partial charge in [0.2, 0.25) is 5.91 Å². The first kappa shape index (κ1) is 8.53. The zero-order valence-electron chi connectivity index (χ0n) is 7.84. The Morgan fingerprint density at radius 2 is 2.31 bits per heavy atom. The van der Waals surface area contributed by atoms with Gasteiger partial charge in [0.05, 0.1) is 0 Å². The molecule has 1 saturated heterocycles. The molecule has 0 aromatic carbocycles. The molecule has 2 N–H and O–H groups in total. The highest BCUT2D eigenvalue weighted by Crippen LogP contribution is 2.30. The molecule has 0 aromatic heterocycles. The Morgan fingerprint density at radius 3 is 2.85 bits per heavy atom. The van der Waals surface area contributed by atoms with E-state index in [0.717, 1.165) is 0 Å². The van der Waals surface area contributed by atoms with Gasteiger partial charge < -0.3 is 5.32 Å². The molecular weight excluding hydrogens is 166 g/mol. The molecule has 4 nitrogen and oxygen atoms in total. The lowest BCUT2D eigenvalue weighted by molar-refractivity contribution is -0.121. The molecule has 0 spiro atoms. The van der Waals surface area contributed by atoms with Crippen molar-refractivity contribution in [2.24, 2.45) is 10.9 Å². The van der Waals surface area contributed by atoms with E-state index in [1.165, 1.54) is 19.3 Å². The summed E-state index contributed by atoms with van der Waals surface area (Å²) in [5.41, 5.74) is 0. The van der Waals surface area contributed by atoms with E-state index >= 15 is 0 Å². The third-order valence-corrected chi connectivity index (χ3v) is 2.75. The van der Waals surface area contributed by atoms with Gasteiger partial charge in [0, 0.05) is 6.54 Å². The van der Waals surface area contributed by atoms with Crippen LogP contribution in [0.1, 0.15) is 26.2 Å². The third kappa shape index (κ3) is 1.53. The van der Waals surface area contributed by atoms with Crippen molar-refractivity contribution in [1.29, 1.82) is 0 Å². The van der Waals surface area contributed by atoms with Gasteiger partial charge in [-0.2, -0.15) is 0 Å². The monoisotopic (exact) mass is 181 g/mol. The molecule has 1 amide bonds. The fourth-order valence-electron chi connectivity index (χ4n) is 1.79. The van der Waals surface area contributed by atoms with Gasteiger partial charge in [0.15, 0.2) is 5.96 Å².